The van der Waals surface area contributed by atoms with Gasteiger partial charge in [0.2, 0.25) is 5.28 Å². The molecule has 3 rings (SSSR count). The van der Waals surface area contributed by atoms with Crippen molar-refractivity contribution in [3.05, 3.63) is 22.5 Å². The normalized spacial score (nSPS) is 18.1. The molecular weight excluding hydrogens is 396 g/mol. The third kappa shape index (κ3) is 4.16. The van der Waals surface area contributed by atoms with Gasteiger partial charge in [0, 0.05) is 31.9 Å². The third-order valence-electron chi connectivity index (χ3n) is 4.15. The molecule has 0 N–H and O–H groups in total. The number of fused-ring (bicyclic) bond motifs is 1. The molecule has 1 saturated heterocycles. The molecule has 1 unspecified atom stereocenters. The quantitative estimate of drug-likeness (QED) is 0.519. The number of anilines is 1. The van der Waals surface area contributed by atoms with E-state index in [0.717, 1.165) is 0 Å². The van der Waals surface area contributed by atoms with Gasteiger partial charge in [0.15, 0.2) is 11.0 Å². The first-order valence-corrected chi connectivity index (χ1v) is 9.24. The average Bonchev–Trinajstić information content (AvgIpc) is 2.56. The molecule has 0 aromatic carbocycles. The highest BCUT2D eigenvalue weighted by atomic mass is 35.5. The van der Waals surface area contributed by atoms with Crippen molar-refractivity contribution in [2.75, 3.05) is 24.5 Å². The largest absolute Gasteiger partial charge is 0.444 e. The summed E-state index contributed by atoms with van der Waals surface area (Å²) in [5.74, 6) is -0.274. The monoisotopic (exact) mass is 415 g/mol. The van der Waals surface area contributed by atoms with Crippen molar-refractivity contribution in [1.29, 1.82) is 0 Å². The maximum absolute atomic E-state index is 14.3. The van der Waals surface area contributed by atoms with Crippen LogP contribution in [-0.4, -0.2) is 57.2 Å². The fraction of sp³-hybridized carbons (Fsp3) is 0.529. The minimum Gasteiger partial charge on any atom is -0.444 e. The summed E-state index contributed by atoms with van der Waals surface area (Å²) < 4.78 is 19.8. The van der Waals surface area contributed by atoms with E-state index in [0.29, 0.717) is 30.8 Å². The number of carbonyl (C=O) groups is 1. The van der Waals surface area contributed by atoms with E-state index in [1.54, 1.807) is 4.90 Å². The van der Waals surface area contributed by atoms with E-state index in [4.69, 9.17) is 27.9 Å². The molecule has 10 heteroatoms. The van der Waals surface area contributed by atoms with Gasteiger partial charge in [0.05, 0.1) is 5.39 Å². The maximum atomic E-state index is 14.3. The van der Waals surface area contributed by atoms with Gasteiger partial charge in [-0.05, 0) is 39.3 Å². The molecule has 1 aliphatic rings. The summed E-state index contributed by atoms with van der Waals surface area (Å²) in [6, 6.07) is -0.137. The number of ether oxygens (including phenoxy) is 1. The van der Waals surface area contributed by atoms with Gasteiger partial charge >= 0.3 is 6.09 Å². The Balaban J connectivity index is 1.88. The highest BCUT2D eigenvalue weighted by Gasteiger charge is 2.32. The third-order valence-corrected chi connectivity index (χ3v) is 4.58. The van der Waals surface area contributed by atoms with Crippen LogP contribution >= 0.6 is 23.2 Å². The molecule has 0 bridgehead atoms. The van der Waals surface area contributed by atoms with Gasteiger partial charge in [0.25, 0.3) is 0 Å². The lowest BCUT2D eigenvalue weighted by Gasteiger charge is -2.40. The Labute approximate surface area is 166 Å². The number of pyridine rings is 1. The van der Waals surface area contributed by atoms with Crippen LogP contribution in [0.5, 0.6) is 0 Å². The van der Waals surface area contributed by atoms with Gasteiger partial charge in [-0.15, -0.1) is 0 Å². The molecule has 0 radical (unpaired) electrons. The molecular formula is C17H20Cl2FN5O2. The lowest BCUT2D eigenvalue weighted by atomic mass is 10.1. The second-order valence-electron chi connectivity index (χ2n) is 7.41. The predicted molar refractivity (Wildman–Crippen MR) is 102 cm³/mol. The van der Waals surface area contributed by atoms with E-state index in [1.807, 2.05) is 32.6 Å². The van der Waals surface area contributed by atoms with Crippen molar-refractivity contribution < 1.29 is 13.9 Å². The van der Waals surface area contributed by atoms with Crippen LogP contribution in [0.2, 0.25) is 10.4 Å². The van der Waals surface area contributed by atoms with Gasteiger partial charge in [-0.1, -0.05) is 11.6 Å². The van der Waals surface area contributed by atoms with Crippen LogP contribution in [0.3, 0.4) is 0 Å². The van der Waals surface area contributed by atoms with E-state index in [-0.39, 0.29) is 28.1 Å². The number of piperazine rings is 1. The van der Waals surface area contributed by atoms with E-state index in [9.17, 15) is 9.18 Å². The van der Waals surface area contributed by atoms with E-state index >= 15 is 0 Å². The highest BCUT2D eigenvalue weighted by molar-refractivity contribution is 6.30. The van der Waals surface area contributed by atoms with Gasteiger partial charge in [-0.2, -0.15) is 4.98 Å². The van der Waals surface area contributed by atoms with Crippen LogP contribution < -0.4 is 4.90 Å². The zero-order valence-electron chi connectivity index (χ0n) is 15.5. The fourth-order valence-corrected chi connectivity index (χ4v) is 3.28. The number of nitrogens with zero attached hydrogens (tertiary/aromatic N) is 5. The summed E-state index contributed by atoms with van der Waals surface area (Å²) in [6.07, 6.45) is 1.07. The molecule has 1 fully saturated rings. The van der Waals surface area contributed by atoms with E-state index < -0.39 is 11.4 Å². The summed E-state index contributed by atoms with van der Waals surface area (Å²) in [5.41, 5.74) is -0.542. The summed E-state index contributed by atoms with van der Waals surface area (Å²) in [6.45, 7) is 8.79. The number of hydrogen-bond donors (Lipinski definition) is 0. The smallest absolute Gasteiger partial charge is 0.410 e. The van der Waals surface area contributed by atoms with Crippen LogP contribution in [-0.2, 0) is 4.74 Å². The summed E-state index contributed by atoms with van der Waals surface area (Å²) in [5, 5.41) is 0.0615. The maximum Gasteiger partial charge on any atom is 0.410 e. The Kier molecular flexibility index (Phi) is 5.31. The molecule has 3 heterocycles. The second-order valence-corrected chi connectivity index (χ2v) is 8.11. The Morgan fingerprint density at radius 2 is 2.00 bits per heavy atom. The van der Waals surface area contributed by atoms with E-state index in [2.05, 4.69) is 15.0 Å². The number of carbonyl (C=O) groups excluding carboxylic acids is 1. The number of halogens is 3. The van der Waals surface area contributed by atoms with Crippen LogP contribution in [0.15, 0.2) is 6.20 Å². The number of aromatic nitrogens is 3. The molecule has 7 nitrogen and oxygen atoms in total. The minimum atomic E-state index is -0.736. The summed E-state index contributed by atoms with van der Waals surface area (Å²) in [7, 11) is 0. The molecule has 2 aromatic rings. The highest BCUT2D eigenvalue weighted by Crippen LogP contribution is 2.30. The second kappa shape index (κ2) is 7.24. The van der Waals surface area contributed by atoms with Crippen LogP contribution in [0, 0.1) is 5.82 Å². The summed E-state index contributed by atoms with van der Waals surface area (Å²) >= 11 is 11.7. The Bertz CT molecular complexity index is 890. The lowest BCUT2D eigenvalue weighted by Crippen LogP contribution is -2.55. The van der Waals surface area contributed by atoms with Crippen LogP contribution in [0.4, 0.5) is 15.0 Å². The molecule has 2 aromatic heterocycles. The molecule has 146 valence electrons. The zero-order valence-corrected chi connectivity index (χ0v) is 17.0. The lowest BCUT2D eigenvalue weighted by molar-refractivity contribution is 0.0159. The SMILES string of the molecule is CC1CN(c2nc(Cl)nc3c(F)c(Cl)ncc23)CCN1C(=O)OC(C)(C)C. The molecule has 0 spiro atoms. The Morgan fingerprint density at radius 3 is 2.63 bits per heavy atom. The fourth-order valence-electron chi connectivity index (χ4n) is 2.98. The molecule has 1 atom stereocenters. The first kappa shape index (κ1) is 19.8. The van der Waals surface area contributed by atoms with Crippen LogP contribution in [0.1, 0.15) is 27.7 Å². The van der Waals surface area contributed by atoms with Crippen molar-refractivity contribution in [3.8, 4) is 0 Å². The van der Waals surface area contributed by atoms with Crippen molar-refractivity contribution in [2.24, 2.45) is 0 Å². The van der Waals surface area contributed by atoms with Crippen molar-refractivity contribution >= 4 is 46.0 Å². The number of rotatable bonds is 1. The Morgan fingerprint density at radius 1 is 1.30 bits per heavy atom. The van der Waals surface area contributed by atoms with E-state index in [1.165, 1.54) is 6.20 Å². The van der Waals surface area contributed by atoms with Crippen LogP contribution in [0.25, 0.3) is 10.9 Å². The van der Waals surface area contributed by atoms with Gasteiger partial charge in [0.1, 0.15) is 16.9 Å². The van der Waals surface area contributed by atoms with Crippen molar-refractivity contribution in [2.45, 2.75) is 39.3 Å². The molecule has 0 saturated carbocycles. The first-order chi connectivity index (χ1) is 12.6. The van der Waals surface area contributed by atoms with Gasteiger partial charge < -0.3 is 14.5 Å². The number of amides is 1. The molecule has 1 aliphatic heterocycles. The molecule has 0 aliphatic carbocycles. The molecule has 27 heavy (non-hydrogen) atoms. The zero-order chi connectivity index (χ0) is 19.9. The minimum absolute atomic E-state index is 0.0206. The first-order valence-electron chi connectivity index (χ1n) is 8.48. The Hall–Kier alpha value is -1.93. The standard InChI is InChI=1S/C17H20Cl2FN5O2/c1-9-8-24(5-6-25(9)16(26)27-17(2,3)4)14-10-7-21-13(18)11(20)12(10)22-15(19)23-14/h7,9H,5-6,8H2,1-4H3. The van der Waals surface area contributed by atoms with Gasteiger partial charge in [-0.3, -0.25) is 0 Å². The number of hydrogen-bond acceptors (Lipinski definition) is 6. The molecule has 1 amide bonds. The topological polar surface area (TPSA) is 71.5 Å². The summed E-state index contributed by atoms with van der Waals surface area (Å²) in [4.78, 5) is 28.0. The van der Waals surface area contributed by atoms with Crippen molar-refractivity contribution in [1.82, 2.24) is 19.9 Å². The average molecular weight is 416 g/mol. The van der Waals surface area contributed by atoms with Gasteiger partial charge in [-0.25, -0.2) is 19.2 Å². The van der Waals surface area contributed by atoms with Crippen molar-refractivity contribution in [3.63, 3.8) is 0 Å². The predicted octanol–water partition coefficient (Wildman–Crippen LogP) is 3.92.